The van der Waals surface area contributed by atoms with Gasteiger partial charge in [0.1, 0.15) is 0 Å². The molecule has 0 aliphatic carbocycles. The Morgan fingerprint density at radius 3 is 2.81 bits per heavy atom. The van der Waals surface area contributed by atoms with Crippen molar-refractivity contribution in [1.29, 1.82) is 0 Å². The van der Waals surface area contributed by atoms with Gasteiger partial charge in [0.2, 0.25) is 16.9 Å². The molecule has 0 amide bonds. The van der Waals surface area contributed by atoms with E-state index in [9.17, 15) is 0 Å². The molecular formula is C18H15ClN6OS. The molecule has 27 heavy (non-hydrogen) atoms. The quantitative estimate of drug-likeness (QED) is 0.401. The molecule has 0 bridgehead atoms. The van der Waals surface area contributed by atoms with E-state index in [0.717, 1.165) is 16.7 Å². The van der Waals surface area contributed by atoms with Crippen molar-refractivity contribution in [3.05, 3.63) is 65.0 Å². The number of nitrogens with zero attached hydrogens (tertiary/aromatic N) is 5. The SMILES string of the molecule is Cc1ccccc1-c1nnc(SCc2nc(-c3cccc(Cl)c3)no2)n1N. The van der Waals surface area contributed by atoms with E-state index in [1.807, 2.05) is 43.3 Å². The van der Waals surface area contributed by atoms with Crippen LogP contribution in [0, 0.1) is 6.92 Å². The topological polar surface area (TPSA) is 95.6 Å². The number of benzene rings is 2. The number of nitrogens with two attached hydrogens (primary N) is 1. The summed E-state index contributed by atoms with van der Waals surface area (Å²) < 4.78 is 6.78. The Kier molecular flexibility index (Phi) is 4.83. The van der Waals surface area contributed by atoms with Gasteiger partial charge in [0, 0.05) is 16.1 Å². The first-order valence-corrected chi connectivity index (χ1v) is 9.46. The van der Waals surface area contributed by atoms with Gasteiger partial charge in [-0.3, -0.25) is 0 Å². The highest BCUT2D eigenvalue weighted by Crippen LogP contribution is 2.26. The number of hydrogen-bond acceptors (Lipinski definition) is 7. The number of rotatable bonds is 5. The highest BCUT2D eigenvalue weighted by atomic mass is 35.5. The first-order chi connectivity index (χ1) is 13.1. The van der Waals surface area contributed by atoms with E-state index in [0.29, 0.717) is 33.5 Å². The van der Waals surface area contributed by atoms with E-state index in [4.69, 9.17) is 22.0 Å². The molecule has 0 radical (unpaired) electrons. The second-order valence-electron chi connectivity index (χ2n) is 5.80. The molecule has 0 fully saturated rings. The van der Waals surface area contributed by atoms with Gasteiger partial charge in [-0.25, -0.2) is 4.68 Å². The highest BCUT2D eigenvalue weighted by Gasteiger charge is 2.16. The summed E-state index contributed by atoms with van der Waals surface area (Å²) >= 11 is 7.38. The van der Waals surface area contributed by atoms with Crippen LogP contribution in [-0.4, -0.2) is 25.0 Å². The second-order valence-corrected chi connectivity index (χ2v) is 7.18. The molecule has 0 saturated carbocycles. The molecule has 0 unspecified atom stereocenters. The lowest BCUT2D eigenvalue weighted by Crippen LogP contribution is -2.12. The molecule has 9 heteroatoms. The van der Waals surface area contributed by atoms with Gasteiger partial charge >= 0.3 is 0 Å². The molecule has 2 aromatic heterocycles. The van der Waals surface area contributed by atoms with Crippen LogP contribution in [0.3, 0.4) is 0 Å². The first-order valence-electron chi connectivity index (χ1n) is 8.09. The first kappa shape index (κ1) is 17.6. The molecule has 0 spiro atoms. The van der Waals surface area contributed by atoms with Crippen LogP contribution in [0.25, 0.3) is 22.8 Å². The Hall–Kier alpha value is -2.84. The van der Waals surface area contributed by atoms with Gasteiger partial charge in [-0.1, -0.05) is 64.9 Å². The van der Waals surface area contributed by atoms with Gasteiger partial charge in [0.05, 0.1) is 5.75 Å². The molecule has 4 aromatic rings. The third-order valence-corrected chi connectivity index (χ3v) is 5.09. The van der Waals surface area contributed by atoms with Crippen molar-refractivity contribution < 1.29 is 4.52 Å². The fourth-order valence-electron chi connectivity index (χ4n) is 2.57. The van der Waals surface area contributed by atoms with Crippen molar-refractivity contribution in [2.45, 2.75) is 17.8 Å². The lowest BCUT2D eigenvalue weighted by molar-refractivity contribution is 0.391. The third kappa shape index (κ3) is 3.67. The molecule has 2 aromatic carbocycles. The van der Waals surface area contributed by atoms with Crippen LogP contribution in [-0.2, 0) is 5.75 Å². The summed E-state index contributed by atoms with van der Waals surface area (Å²) in [5.41, 5.74) is 2.82. The zero-order valence-corrected chi connectivity index (χ0v) is 15.9. The minimum absolute atomic E-state index is 0.427. The van der Waals surface area contributed by atoms with Crippen LogP contribution in [0.5, 0.6) is 0 Å². The summed E-state index contributed by atoms with van der Waals surface area (Å²) in [6.07, 6.45) is 0. The Labute approximate surface area is 164 Å². The Bertz CT molecular complexity index is 1090. The number of aryl methyl sites for hydroxylation is 1. The van der Waals surface area contributed by atoms with Crippen LogP contribution >= 0.6 is 23.4 Å². The molecule has 0 aliphatic heterocycles. The summed E-state index contributed by atoms with van der Waals surface area (Å²) in [6, 6.07) is 15.2. The standard InChI is InChI=1S/C18H15ClN6OS/c1-11-5-2-3-8-14(11)17-22-23-18(25(17)20)27-10-15-21-16(24-26-15)12-6-4-7-13(19)9-12/h2-9H,10,20H2,1H3. The average Bonchev–Trinajstić information content (AvgIpc) is 3.28. The average molecular weight is 399 g/mol. The van der Waals surface area contributed by atoms with E-state index in [2.05, 4.69) is 20.3 Å². The molecule has 0 saturated heterocycles. The van der Waals surface area contributed by atoms with Crippen molar-refractivity contribution in [2.24, 2.45) is 0 Å². The molecule has 7 nitrogen and oxygen atoms in total. The van der Waals surface area contributed by atoms with Crippen LogP contribution < -0.4 is 5.84 Å². The monoisotopic (exact) mass is 398 g/mol. The number of hydrogen-bond donors (Lipinski definition) is 1. The molecule has 4 rings (SSSR count). The zero-order valence-electron chi connectivity index (χ0n) is 14.3. The summed E-state index contributed by atoms with van der Waals surface area (Å²) in [5, 5.41) is 13.6. The molecule has 136 valence electrons. The van der Waals surface area contributed by atoms with Gasteiger partial charge in [0.15, 0.2) is 5.82 Å². The zero-order chi connectivity index (χ0) is 18.8. The number of thioether (sulfide) groups is 1. The molecule has 0 aliphatic rings. The van der Waals surface area contributed by atoms with Gasteiger partial charge in [0.25, 0.3) is 0 Å². The van der Waals surface area contributed by atoms with Gasteiger partial charge < -0.3 is 10.4 Å². The predicted octanol–water partition coefficient (Wildman–Crippen LogP) is 3.96. The van der Waals surface area contributed by atoms with Gasteiger partial charge in [-0.2, -0.15) is 4.98 Å². The summed E-state index contributed by atoms with van der Waals surface area (Å²) in [6.45, 7) is 2.01. The van der Waals surface area contributed by atoms with E-state index in [1.165, 1.54) is 16.4 Å². The molecule has 2 N–H and O–H groups in total. The Balaban J connectivity index is 1.50. The maximum absolute atomic E-state index is 6.17. The van der Waals surface area contributed by atoms with Crippen molar-refractivity contribution in [3.63, 3.8) is 0 Å². The van der Waals surface area contributed by atoms with Crippen LogP contribution in [0.4, 0.5) is 0 Å². The van der Waals surface area contributed by atoms with Crippen LogP contribution in [0.1, 0.15) is 11.5 Å². The number of aromatic nitrogens is 5. The van der Waals surface area contributed by atoms with Crippen LogP contribution in [0.15, 0.2) is 58.2 Å². The lowest BCUT2D eigenvalue weighted by atomic mass is 10.1. The van der Waals surface area contributed by atoms with Gasteiger partial charge in [-0.15, -0.1) is 10.2 Å². The van der Waals surface area contributed by atoms with E-state index >= 15 is 0 Å². The summed E-state index contributed by atoms with van der Waals surface area (Å²) in [4.78, 5) is 4.39. The summed E-state index contributed by atoms with van der Waals surface area (Å²) in [5.74, 6) is 8.17. The van der Waals surface area contributed by atoms with E-state index in [1.54, 1.807) is 12.1 Å². The largest absolute Gasteiger partial charge is 0.338 e. The fraction of sp³-hybridized carbons (Fsp3) is 0.111. The second kappa shape index (κ2) is 7.42. The van der Waals surface area contributed by atoms with Crippen molar-refractivity contribution >= 4 is 23.4 Å². The maximum Gasteiger partial charge on any atom is 0.237 e. The normalized spacial score (nSPS) is 11.0. The fourth-order valence-corrected chi connectivity index (χ4v) is 3.45. The summed E-state index contributed by atoms with van der Waals surface area (Å²) in [7, 11) is 0. The molecule has 0 atom stereocenters. The third-order valence-electron chi connectivity index (χ3n) is 3.93. The van der Waals surface area contributed by atoms with Crippen molar-refractivity contribution in [3.8, 4) is 22.8 Å². The van der Waals surface area contributed by atoms with E-state index in [-0.39, 0.29) is 0 Å². The smallest absolute Gasteiger partial charge is 0.237 e. The van der Waals surface area contributed by atoms with Crippen LogP contribution in [0.2, 0.25) is 5.02 Å². The number of halogens is 1. The van der Waals surface area contributed by atoms with Crippen molar-refractivity contribution in [2.75, 3.05) is 5.84 Å². The highest BCUT2D eigenvalue weighted by molar-refractivity contribution is 7.98. The van der Waals surface area contributed by atoms with E-state index < -0.39 is 0 Å². The van der Waals surface area contributed by atoms with Gasteiger partial charge in [-0.05, 0) is 24.6 Å². The maximum atomic E-state index is 6.17. The number of nitrogen functional groups attached to an aromatic ring is 1. The lowest BCUT2D eigenvalue weighted by Gasteiger charge is -2.05. The minimum atomic E-state index is 0.427. The minimum Gasteiger partial charge on any atom is -0.338 e. The Morgan fingerprint density at radius 1 is 1.15 bits per heavy atom. The predicted molar refractivity (Wildman–Crippen MR) is 105 cm³/mol. The van der Waals surface area contributed by atoms with Crippen molar-refractivity contribution in [1.82, 2.24) is 25.0 Å². The Morgan fingerprint density at radius 2 is 2.00 bits per heavy atom. The molecular weight excluding hydrogens is 384 g/mol. The molecule has 2 heterocycles.